The summed E-state index contributed by atoms with van der Waals surface area (Å²) in [4.78, 5) is 4.18. The van der Waals surface area contributed by atoms with Crippen molar-refractivity contribution >= 4 is 6.01 Å². The second-order valence-electron chi connectivity index (χ2n) is 5.26. The van der Waals surface area contributed by atoms with Crippen LogP contribution >= 0.6 is 0 Å². The Morgan fingerprint density at radius 3 is 2.61 bits per heavy atom. The molecule has 1 aromatic carbocycles. The predicted molar refractivity (Wildman–Crippen MR) is 67.8 cm³/mol. The summed E-state index contributed by atoms with van der Waals surface area (Å²) in [7, 11) is 0. The van der Waals surface area contributed by atoms with Gasteiger partial charge in [0.1, 0.15) is 5.82 Å². The van der Waals surface area contributed by atoms with Gasteiger partial charge in [-0.15, -0.1) is 0 Å². The number of hydrogen-bond donors (Lipinski definition) is 1. The second kappa shape index (κ2) is 4.40. The van der Waals surface area contributed by atoms with Gasteiger partial charge in [-0.2, -0.15) is 4.98 Å². The minimum Gasteiger partial charge on any atom is -0.333 e. The van der Waals surface area contributed by atoms with E-state index < -0.39 is 0 Å². The molecule has 1 N–H and O–H groups in total. The molecule has 4 nitrogen and oxygen atoms in total. The van der Waals surface area contributed by atoms with Gasteiger partial charge in [0, 0.05) is 11.1 Å². The number of hydrogen-bond acceptors (Lipinski definition) is 4. The van der Waals surface area contributed by atoms with Gasteiger partial charge in [-0.1, -0.05) is 17.3 Å². The molecule has 0 aliphatic heterocycles. The first-order chi connectivity index (χ1) is 8.35. The van der Waals surface area contributed by atoms with Crippen LogP contribution in [0.15, 0.2) is 22.7 Å². The standard InChI is InChI=1S/C13H16FN3O/c1-8-5-6-9(7-10(8)14)11-15-12(18-17-11)16-13(2,3)4/h5-7H,1-4H3,(H,15,16,17). The Morgan fingerprint density at radius 1 is 1.28 bits per heavy atom. The second-order valence-corrected chi connectivity index (χ2v) is 5.26. The van der Waals surface area contributed by atoms with Crippen molar-refractivity contribution in [3.63, 3.8) is 0 Å². The molecule has 5 heteroatoms. The fraction of sp³-hybridized carbons (Fsp3) is 0.385. The molecule has 1 heterocycles. The number of nitrogens with zero attached hydrogens (tertiary/aromatic N) is 2. The smallest absolute Gasteiger partial charge is 0.322 e. The molecule has 18 heavy (non-hydrogen) atoms. The highest BCUT2D eigenvalue weighted by Crippen LogP contribution is 2.21. The average molecular weight is 249 g/mol. The number of rotatable bonds is 2. The summed E-state index contributed by atoms with van der Waals surface area (Å²) in [6.07, 6.45) is 0. The van der Waals surface area contributed by atoms with E-state index in [1.807, 2.05) is 20.8 Å². The van der Waals surface area contributed by atoms with Crippen molar-refractivity contribution in [2.75, 3.05) is 5.32 Å². The van der Waals surface area contributed by atoms with Crippen molar-refractivity contribution in [2.24, 2.45) is 0 Å². The van der Waals surface area contributed by atoms with E-state index in [1.165, 1.54) is 6.07 Å². The molecule has 0 fully saturated rings. The SMILES string of the molecule is Cc1ccc(-c2noc(NC(C)(C)C)n2)cc1F. The van der Waals surface area contributed by atoms with Crippen molar-refractivity contribution < 1.29 is 8.91 Å². The zero-order chi connectivity index (χ0) is 13.3. The van der Waals surface area contributed by atoms with E-state index in [0.717, 1.165) is 0 Å². The Kier molecular flexibility index (Phi) is 3.07. The quantitative estimate of drug-likeness (QED) is 0.886. The third-order valence-electron chi connectivity index (χ3n) is 2.34. The largest absolute Gasteiger partial charge is 0.333 e. The molecule has 0 spiro atoms. The third kappa shape index (κ3) is 2.85. The Labute approximate surface area is 105 Å². The first-order valence-electron chi connectivity index (χ1n) is 5.73. The molecule has 0 saturated carbocycles. The predicted octanol–water partition coefficient (Wildman–Crippen LogP) is 3.39. The highest BCUT2D eigenvalue weighted by atomic mass is 19.1. The van der Waals surface area contributed by atoms with Crippen LogP contribution in [0.25, 0.3) is 11.4 Å². The normalized spacial score (nSPS) is 11.6. The van der Waals surface area contributed by atoms with E-state index in [2.05, 4.69) is 15.5 Å². The summed E-state index contributed by atoms with van der Waals surface area (Å²) in [6.45, 7) is 7.68. The molecule has 0 aliphatic carbocycles. The third-order valence-corrected chi connectivity index (χ3v) is 2.34. The van der Waals surface area contributed by atoms with Gasteiger partial charge in [-0.05, 0) is 39.3 Å². The lowest BCUT2D eigenvalue weighted by Gasteiger charge is -2.17. The molecular formula is C13H16FN3O. The highest BCUT2D eigenvalue weighted by molar-refractivity contribution is 5.56. The van der Waals surface area contributed by atoms with Crippen molar-refractivity contribution in [3.8, 4) is 11.4 Å². The molecule has 2 aromatic rings. The maximum Gasteiger partial charge on any atom is 0.322 e. The summed E-state index contributed by atoms with van der Waals surface area (Å²) < 4.78 is 18.5. The van der Waals surface area contributed by atoms with E-state index in [1.54, 1.807) is 19.1 Å². The molecular weight excluding hydrogens is 233 g/mol. The Balaban J connectivity index is 2.26. The highest BCUT2D eigenvalue weighted by Gasteiger charge is 2.15. The maximum atomic E-state index is 13.4. The van der Waals surface area contributed by atoms with Gasteiger partial charge in [0.05, 0.1) is 0 Å². The summed E-state index contributed by atoms with van der Waals surface area (Å²) in [5.41, 5.74) is 1.03. The first-order valence-corrected chi connectivity index (χ1v) is 5.73. The zero-order valence-corrected chi connectivity index (χ0v) is 10.9. The number of aryl methyl sites for hydroxylation is 1. The van der Waals surface area contributed by atoms with Gasteiger partial charge < -0.3 is 9.84 Å². The van der Waals surface area contributed by atoms with Crippen LogP contribution in [0.5, 0.6) is 0 Å². The molecule has 0 atom stereocenters. The molecule has 2 rings (SSSR count). The van der Waals surface area contributed by atoms with Crippen molar-refractivity contribution in [2.45, 2.75) is 33.2 Å². The molecule has 1 aromatic heterocycles. The van der Waals surface area contributed by atoms with Crippen LogP contribution in [0.4, 0.5) is 10.4 Å². The van der Waals surface area contributed by atoms with Gasteiger partial charge in [-0.25, -0.2) is 4.39 Å². The van der Waals surface area contributed by atoms with Crippen LogP contribution in [0, 0.1) is 12.7 Å². The molecule has 0 radical (unpaired) electrons. The Morgan fingerprint density at radius 2 is 2.00 bits per heavy atom. The lowest BCUT2D eigenvalue weighted by molar-refractivity contribution is 0.420. The fourth-order valence-electron chi connectivity index (χ4n) is 1.44. The van der Waals surface area contributed by atoms with Gasteiger partial charge in [0.15, 0.2) is 0 Å². The number of benzene rings is 1. The topological polar surface area (TPSA) is 51.0 Å². The minimum atomic E-state index is -0.275. The van der Waals surface area contributed by atoms with E-state index in [0.29, 0.717) is 23.0 Å². The van der Waals surface area contributed by atoms with Crippen LogP contribution in [0.3, 0.4) is 0 Å². The van der Waals surface area contributed by atoms with Crippen molar-refractivity contribution in [1.82, 2.24) is 10.1 Å². The first kappa shape index (κ1) is 12.5. The molecule has 0 bridgehead atoms. The van der Waals surface area contributed by atoms with E-state index in [4.69, 9.17) is 4.52 Å². The van der Waals surface area contributed by atoms with Gasteiger partial charge >= 0.3 is 6.01 Å². The summed E-state index contributed by atoms with van der Waals surface area (Å²) in [5, 5.41) is 6.89. The summed E-state index contributed by atoms with van der Waals surface area (Å²) in [6, 6.07) is 5.20. The van der Waals surface area contributed by atoms with Gasteiger partial charge in [0.2, 0.25) is 5.82 Å². The van der Waals surface area contributed by atoms with Crippen molar-refractivity contribution in [1.29, 1.82) is 0 Å². The van der Waals surface area contributed by atoms with Crippen LogP contribution in [0.1, 0.15) is 26.3 Å². The van der Waals surface area contributed by atoms with Gasteiger partial charge in [-0.3, -0.25) is 0 Å². The molecule has 96 valence electrons. The minimum absolute atomic E-state index is 0.164. The summed E-state index contributed by atoms with van der Waals surface area (Å²) in [5.74, 6) is 0.100. The lowest BCUT2D eigenvalue weighted by atomic mass is 10.1. The maximum absolute atomic E-state index is 13.4. The van der Waals surface area contributed by atoms with Crippen LogP contribution in [0.2, 0.25) is 0 Å². The fourth-order valence-corrected chi connectivity index (χ4v) is 1.44. The Hall–Kier alpha value is -1.91. The van der Waals surface area contributed by atoms with E-state index >= 15 is 0 Å². The van der Waals surface area contributed by atoms with Crippen LogP contribution in [-0.4, -0.2) is 15.7 Å². The molecule has 0 amide bonds. The molecule has 0 unspecified atom stereocenters. The molecule has 0 saturated heterocycles. The summed E-state index contributed by atoms with van der Waals surface area (Å²) >= 11 is 0. The van der Waals surface area contributed by atoms with E-state index in [-0.39, 0.29) is 11.4 Å². The van der Waals surface area contributed by atoms with E-state index in [9.17, 15) is 4.39 Å². The van der Waals surface area contributed by atoms with Gasteiger partial charge in [0.25, 0.3) is 0 Å². The van der Waals surface area contributed by atoms with Crippen molar-refractivity contribution in [3.05, 3.63) is 29.6 Å². The van der Waals surface area contributed by atoms with Crippen LogP contribution in [-0.2, 0) is 0 Å². The average Bonchev–Trinajstić information content (AvgIpc) is 2.68. The van der Waals surface area contributed by atoms with Crippen LogP contribution < -0.4 is 5.32 Å². The number of aromatic nitrogens is 2. The number of halogens is 1. The lowest BCUT2D eigenvalue weighted by Crippen LogP contribution is -2.26. The zero-order valence-electron chi connectivity index (χ0n) is 10.9. The number of nitrogens with one attached hydrogen (secondary N) is 1. The number of anilines is 1. The monoisotopic (exact) mass is 249 g/mol. The molecule has 0 aliphatic rings. The Bertz CT molecular complexity index is 558.